The molecule has 1 rings (SSSR count). The number of carboxylic acid groups (broad SMARTS) is 1. The first-order valence-electron chi connectivity index (χ1n) is 5.40. The molecule has 0 aromatic rings. The highest BCUT2D eigenvalue weighted by atomic mass is 32.2. The first-order chi connectivity index (χ1) is 7.90. The number of carbonyl (C=O) groups excluding carboxylic acids is 1. The number of aliphatic carboxylic acids is 1. The number of carboxylic acids is 1. The van der Waals surface area contributed by atoms with Crippen molar-refractivity contribution in [2.75, 3.05) is 12.8 Å². The maximum Gasteiger partial charge on any atom is 0.328 e. The summed E-state index contributed by atoms with van der Waals surface area (Å²) >= 11 is 1.70. The summed E-state index contributed by atoms with van der Waals surface area (Å²) in [6, 6.07) is -1.84. The van der Waals surface area contributed by atoms with Gasteiger partial charge >= 0.3 is 12.0 Å². The lowest BCUT2D eigenvalue weighted by molar-refractivity contribution is -0.141. The van der Waals surface area contributed by atoms with E-state index in [1.807, 2.05) is 6.26 Å². The molecule has 17 heavy (non-hydrogen) atoms. The Labute approximate surface area is 104 Å². The molecule has 1 aliphatic carbocycles. The van der Waals surface area contributed by atoms with Gasteiger partial charge in [-0.25, -0.2) is 9.59 Å². The summed E-state index contributed by atoms with van der Waals surface area (Å²) in [5.41, 5.74) is 0. The van der Waals surface area contributed by atoms with Crippen LogP contribution < -0.4 is 10.6 Å². The predicted molar refractivity (Wildman–Crippen MR) is 65.1 cm³/mol. The molecule has 0 aromatic carbocycles. The van der Waals surface area contributed by atoms with Gasteiger partial charge in [0, 0.05) is 11.3 Å². The zero-order valence-electron chi connectivity index (χ0n) is 9.90. The fourth-order valence-corrected chi connectivity index (χ4v) is 2.14. The van der Waals surface area contributed by atoms with Crippen molar-refractivity contribution in [3.63, 3.8) is 0 Å². The zero-order valence-corrected chi connectivity index (χ0v) is 10.7. The van der Waals surface area contributed by atoms with Crippen molar-refractivity contribution in [1.82, 2.24) is 10.6 Å². The van der Waals surface area contributed by atoms with Gasteiger partial charge in [0.25, 0.3) is 0 Å². The Kier molecular flexibility index (Phi) is 4.64. The van der Waals surface area contributed by atoms with Gasteiger partial charge in [0.2, 0.25) is 0 Å². The summed E-state index contributed by atoms with van der Waals surface area (Å²) in [7, 11) is 0. The monoisotopic (exact) mass is 262 g/mol. The molecule has 2 unspecified atom stereocenters. The molecule has 0 radical (unpaired) electrons. The van der Waals surface area contributed by atoms with Crippen LogP contribution in [0.1, 0.15) is 19.8 Å². The third-order valence-electron chi connectivity index (χ3n) is 2.85. The molecule has 1 saturated carbocycles. The quantitative estimate of drug-likeness (QED) is 0.541. The highest BCUT2D eigenvalue weighted by Gasteiger charge is 2.42. The number of aliphatic hydroxyl groups is 1. The van der Waals surface area contributed by atoms with Crippen molar-refractivity contribution < 1.29 is 19.8 Å². The number of thioether (sulfide) groups is 1. The minimum atomic E-state index is -1.28. The van der Waals surface area contributed by atoms with Crippen LogP contribution in [0.15, 0.2) is 0 Å². The Bertz CT molecular complexity index is 305. The molecule has 98 valence electrons. The van der Waals surface area contributed by atoms with E-state index in [1.165, 1.54) is 6.92 Å². The Morgan fingerprint density at radius 2 is 2.06 bits per heavy atom. The Balaban J connectivity index is 2.35. The second kappa shape index (κ2) is 5.59. The number of amides is 2. The van der Waals surface area contributed by atoms with E-state index in [9.17, 15) is 14.7 Å². The van der Waals surface area contributed by atoms with Gasteiger partial charge in [0.15, 0.2) is 6.04 Å². The van der Waals surface area contributed by atoms with E-state index in [2.05, 4.69) is 10.6 Å². The van der Waals surface area contributed by atoms with Crippen LogP contribution in [0.3, 0.4) is 0 Å². The van der Waals surface area contributed by atoms with Crippen molar-refractivity contribution in [3.8, 4) is 0 Å². The SMILES string of the molecule is CSC1(CNC(=O)NC(C(=O)O)C(C)O)CC1. The number of hydrogen-bond donors (Lipinski definition) is 4. The third-order valence-corrected chi connectivity index (χ3v) is 4.27. The van der Waals surface area contributed by atoms with Crippen LogP contribution in [0.25, 0.3) is 0 Å². The number of rotatable bonds is 6. The number of urea groups is 1. The lowest BCUT2D eigenvalue weighted by atomic mass is 10.2. The summed E-state index contributed by atoms with van der Waals surface area (Å²) < 4.78 is 0.126. The van der Waals surface area contributed by atoms with Crippen LogP contribution in [0.4, 0.5) is 4.79 Å². The molecular weight excluding hydrogens is 244 g/mol. The summed E-state index contributed by atoms with van der Waals surface area (Å²) in [4.78, 5) is 22.2. The molecule has 2 atom stereocenters. The van der Waals surface area contributed by atoms with Crippen LogP contribution in [0.2, 0.25) is 0 Å². The lowest BCUT2D eigenvalue weighted by Crippen LogP contribution is -2.52. The smallest absolute Gasteiger partial charge is 0.328 e. The van der Waals surface area contributed by atoms with Crippen molar-refractivity contribution in [2.45, 2.75) is 36.7 Å². The summed E-state index contributed by atoms with van der Waals surface area (Å²) in [5, 5.41) is 22.8. The maximum absolute atomic E-state index is 11.4. The topological polar surface area (TPSA) is 98.7 Å². The van der Waals surface area contributed by atoms with Crippen molar-refractivity contribution in [1.29, 1.82) is 0 Å². The molecule has 1 fully saturated rings. The van der Waals surface area contributed by atoms with Crippen molar-refractivity contribution in [3.05, 3.63) is 0 Å². The lowest BCUT2D eigenvalue weighted by Gasteiger charge is -2.19. The average molecular weight is 262 g/mol. The second-order valence-electron chi connectivity index (χ2n) is 4.27. The third kappa shape index (κ3) is 4.08. The van der Waals surface area contributed by atoms with Gasteiger partial charge in [-0.15, -0.1) is 0 Å². The van der Waals surface area contributed by atoms with Gasteiger partial charge in [0.05, 0.1) is 6.10 Å². The maximum atomic E-state index is 11.4. The normalized spacial score (nSPS) is 20.2. The largest absolute Gasteiger partial charge is 0.480 e. The number of carbonyl (C=O) groups is 2. The number of hydrogen-bond acceptors (Lipinski definition) is 4. The van der Waals surface area contributed by atoms with Gasteiger partial charge in [0.1, 0.15) is 0 Å². The molecule has 0 spiro atoms. The van der Waals surface area contributed by atoms with Crippen molar-refractivity contribution >= 4 is 23.8 Å². The average Bonchev–Trinajstić information content (AvgIpc) is 3.03. The van der Waals surface area contributed by atoms with Gasteiger partial charge < -0.3 is 20.8 Å². The van der Waals surface area contributed by atoms with Gasteiger partial charge in [-0.2, -0.15) is 11.8 Å². The molecule has 7 heteroatoms. The Hall–Kier alpha value is -0.950. The number of nitrogens with one attached hydrogen (secondary N) is 2. The molecule has 2 amide bonds. The van der Waals surface area contributed by atoms with Crippen molar-refractivity contribution in [2.24, 2.45) is 0 Å². The highest BCUT2D eigenvalue weighted by molar-refractivity contribution is 8.00. The molecule has 1 aliphatic rings. The molecular formula is C10H18N2O4S. The van der Waals surface area contributed by atoms with Crippen LogP contribution >= 0.6 is 11.8 Å². The van der Waals surface area contributed by atoms with Gasteiger partial charge in [-0.05, 0) is 26.0 Å². The standard InChI is InChI=1S/C10H18N2O4S/c1-6(13)7(8(14)15)12-9(16)11-5-10(17-2)3-4-10/h6-7,13H,3-5H2,1-2H3,(H,14,15)(H2,11,12,16). The first-order valence-corrected chi connectivity index (χ1v) is 6.63. The summed E-state index contributed by atoms with van der Waals surface area (Å²) in [6.45, 7) is 1.84. The van der Waals surface area contributed by atoms with Crippen LogP contribution in [0.5, 0.6) is 0 Å². The highest BCUT2D eigenvalue weighted by Crippen LogP contribution is 2.46. The minimum Gasteiger partial charge on any atom is -0.480 e. The Morgan fingerprint density at radius 3 is 2.41 bits per heavy atom. The van der Waals surface area contributed by atoms with Crippen LogP contribution in [0, 0.1) is 0 Å². The molecule has 0 heterocycles. The van der Waals surface area contributed by atoms with Gasteiger partial charge in [-0.3, -0.25) is 0 Å². The van der Waals surface area contributed by atoms with Gasteiger partial charge in [-0.1, -0.05) is 0 Å². The molecule has 0 aromatic heterocycles. The minimum absolute atomic E-state index is 0.126. The molecule has 0 aliphatic heterocycles. The number of aliphatic hydroxyl groups excluding tert-OH is 1. The molecule has 4 N–H and O–H groups in total. The molecule has 0 bridgehead atoms. The first kappa shape index (κ1) is 14.1. The van der Waals surface area contributed by atoms with E-state index in [-0.39, 0.29) is 4.75 Å². The Morgan fingerprint density at radius 1 is 1.47 bits per heavy atom. The summed E-state index contributed by atoms with van der Waals surface area (Å²) in [6.07, 6.45) is 2.98. The second-order valence-corrected chi connectivity index (χ2v) is 5.54. The van der Waals surface area contributed by atoms with E-state index in [4.69, 9.17) is 5.11 Å². The van der Waals surface area contributed by atoms with E-state index >= 15 is 0 Å². The molecule has 6 nitrogen and oxygen atoms in total. The fourth-order valence-electron chi connectivity index (χ4n) is 1.41. The van der Waals surface area contributed by atoms with Crippen LogP contribution in [-0.2, 0) is 4.79 Å². The predicted octanol–water partition coefficient (Wildman–Crippen LogP) is 0.0152. The van der Waals surface area contributed by atoms with E-state index < -0.39 is 24.1 Å². The fraction of sp³-hybridized carbons (Fsp3) is 0.800. The van der Waals surface area contributed by atoms with Crippen LogP contribution in [-0.4, -0.2) is 51.9 Å². The van der Waals surface area contributed by atoms with E-state index in [1.54, 1.807) is 11.8 Å². The molecule has 0 saturated heterocycles. The summed E-state index contributed by atoms with van der Waals surface area (Å²) in [5.74, 6) is -1.25. The van der Waals surface area contributed by atoms with E-state index in [0.29, 0.717) is 6.54 Å². The zero-order chi connectivity index (χ0) is 13.1. The van der Waals surface area contributed by atoms with E-state index in [0.717, 1.165) is 12.8 Å².